The van der Waals surface area contributed by atoms with Crippen molar-refractivity contribution < 1.29 is 4.74 Å². The molecule has 0 aliphatic carbocycles. The Labute approximate surface area is 135 Å². The van der Waals surface area contributed by atoms with E-state index in [1.54, 1.807) is 11.3 Å². The fourth-order valence-electron chi connectivity index (χ4n) is 2.36. The summed E-state index contributed by atoms with van der Waals surface area (Å²) in [4.78, 5) is 4.74. The molecule has 22 heavy (non-hydrogen) atoms. The fraction of sp³-hybridized carbons (Fsp3) is 0.278. The third-order valence-electron chi connectivity index (χ3n) is 3.59. The molecule has 114 valence electrons. The van der Waals surface area contributed by atoms with Gasteiger partial charge >= 0.3 is 0 Å². The van der Waals surface area contributed by atoms with Crippen molar-refractivity contribution in [2.24, 2.45) is 0 Å². The molecule has 0 aliphatic rings. The van der Waals surface area contributed by atoms with Gasteiger partial charge < -0.3 is 10.1 Å². The molecule has 0 bridgehead atoms. The van der Waals surface area contributed by atoms with Crippen LogP contribution in [0.15, 0.2) is 36.4 Å². The van der Waals surface area contributed by atoms with Gasteiger partial charge in [0.2, 0.25) is 0 Å². The molecular weight excluding hydrogens is 292 g/mol. The maximum atomic E-state index is 5.92. The van der Waals surface area contributed by atoms with Crippen molar-refractivity contribution >= 4 is 32.4 Å². The Hall–Kier alpha value is -2.07. The second-order valence-electron chi connectivity index (χ2n) is 5.65. The second kappa shape index (κ2) is 5.97. The van der Waals surface area contributed by atoms with Crippen LogP contribution in [0.1, 0.15) is 25.0 Å². The van der Waals surface area contributed by atoms with Crippen molar-refractivity contribution in [3.63, 3.8) is 0 Å². The molecule has 2 aromatic carbocycles. The smallest absolute Gasteiger partial charge is 0.188 e. The molecule has 3 nitrogen and oxygen atoms in total. The minimum atomic E-state index is 0.172. The molecule has 0 amide bonds. The molecule has 0 fully saturated rings. The third-order valence-corrected chi connectivity index (χ3v) is 4.51. The summed E-state index contributed by atoms with van der Waals surface area (Å²) in [6.45, 7) is 8.30. The highest BCUT2D eigenvalue weighted by Gasteiger charge is 2.13. The molecule has 0 atom stereocenters. The molecule has 3 rings (SSSR count). The van der Waals surface area contributed by atoms with E-state index in [1.165, 1.54) is 5.56 Å². The zero-order chi connectivity index (χ0) is 15.7. The summed E-state index contributed by atoms with van der Waals surface area (Å²) in [6, 6.07) is 12.2. The molecule has 4 heteroatoms. The van der Waals surface area contributed by atoms with E-state index in [0.29, 0.717) is 0 Å². The quantitative estimate of drug-likeness (QED) is 0.696. The van der Waals surface area contributed by atoms with Gasteiger partial charge in [0.05, 0.1) is 16.3 Å². The van der Waals surface area contributed by atoms with Crippen molar-refractivity contribution in [2.75, 3.05) is 5.32 Å². The number of thiazole rings is 1. The van der Waals surface area contributed by atoms with Crippen LogP contribution in [-0.2, 0) is 0 Å². The van der Waals surface area contributed by atoms with Crippen LogP contribution in [0, 0.1) is 13.8 Å². The van der Waals surface area contributed by atoms with Gasteiger partial charge in [-0.25, -0.2) is 4.98 Å². The number of ether oxygens (including phenoxy) is 1. The molecule has 0 unspecified atom stereocenters. The molecule has 1 aromatic heterocycles. The van der Waals surface area contributed by atoms with Crippen LogP contribution in [0.4, 0.5) is 10.8 Å². The molecule has 0 saturated carbocycles. The van der Waals surface area contributed by atoms with Gasteiger partial charge in [0.15, 0.2) is 5.13 Å². The summed E-state index contributed by atoms with van der Waals surface area (Å²) in [5, 5.41) is 4.27. The van der Waals surface area contributed by atoms with Crippen LogP contribution in [0.3, 0.4) is 0 Å². The first kappa shape index (κ1) is 14.9. The molecule has 1 heterocycles. The largest absolute Gasteiger partial charge is 0.491 e. The lowest BCUT2D eigenvalue weighted by Gasteiger charge is -2.14. The van der Waals surface area contributed by atoms with E-state index in [4.69, 9.17) is 9.72 Å². The summed E-state index contributed by atoms with van der Waals surface area (Å²) < 4.78 is 7.07. The van der Waals surface area contributed by atoms with E-state index < -0.39 is 0 Å². The highest BCUT2D eigenvalue weighted by atomic mass is 32.1. The Morgan fingerprint density at radius 2 is 1.82 bits per heavy atom. The highest BCUT2D eigenvalue weighted by molar-refractivity contribution is 7.22. The average Bonchev–Trinajstić information content (AvgIpc) is 2.88. The summed E-state index contributed by atoms with van der Waals surface area (Å²) in [5.74, 6) is 0.954. The highest BCUT2D eigenvalue weighted by Crippen LogP contribution is 2.36. The first-order valence-electron chi connectivity index (χ1n) is 7.44. The number of aromatic nitrogens is 1. The van der Waals surface area contributed by atoms with Crippen molar-refractivity contribution in [2.45, 2.75) is 33.8 Å². The van der Waals surface area contributed by atoms with Crippen LogP contribution in [0.5, 0.6) is 5.75 Å². The van der Waals surface area contributed by atoms with E-state index in [9.17, 15) is 0 Å². The van der Waals surface area contributed by atoms with E-state index in [2.05, 4.69) is 25.2 Å². The average molecular weight is 312 g/mol. The van der Waals surface area contributed by atoms with Gasteiger partial charge in [0, 0.05) is 5.69 Å². The zero-order valence-electron chi connectivity index (χ0n) is 13.3. The number of aryl methyl sites for hydroxylation is 1. The van der Waals surface area contributed by atoms with Crippen LogP contribution < -0.4 is 10.1 Å². The summed E-state index contributed by atoms with van der Waals surface area (Å²) >= 11 is 1.65. The van der Waals surface area contributed by atoms with E-state index >= 15 is 0 Å². The van der Waals surface area contributed by atoms with E-state index in [-0.39, 0.29) is 6.10 Å². The van der Waals surface area contributed by atoms with Gasteiger partial charge in [0.1, 0.15) is 5.75 Å². The normalized spacial score (nSPS) is 11.1. The van der Waals surface area contributed by atoms with Gasteiger partial charge in [-0.3, -0.25) is 0 Å². The maximum absolute atomic E-state index is 5.92. The van der Waals surface area contributed by atoms with Crippen molar-refractivity contribution in [1.29, 1.82) is 0 Å². The van der Waals surface area contributed by atoms with Crippen LogP contribution >= 0.6 is 11.3 Å². The minimum Gasteiger partial charge on any atom is -0.491 e. The van der Waals surface area contributed by atoms with E-state index in [1.807, 2.05) is 44.2 Å². The van der Waals surface area contributed by atoms with Crippen molar-refractivity contribution in [1.82, 2.24) is 4.98 Å². The predicted molar refractivity (Wildman–Crippen MR) is 94.6 cm³/mol. The van der Waals surface area contributed by atoms with Gasteiger partial charge in [-0.05, 0) is 57.0 Å². The number of para-hydroxylation sites is 1. The summed E-state index contributed by atoms with van der Waals surface area (Å²) in [7, 11) is 0. The van der Waals surface area contributed by atoms with Crippen molar-refractivity contribution in [3.05, 3.63) is 47.5 Å². The summed E-state index contributed by atoms with van der Waals surface area (Å²) in [5.41, 5.74) is 4.45. The Morgan fingerprint density at radius 1 is 1.09 bits per heavy atom. The van der Waals surface area contributed by atoms with E-state index in [0.717, 1.165) is 32.3 Å². The zero-order valence-corrected chi connectivity index (χ0v) is 14.1. The number of fused-ring (bicyclic) bond motifs is 1. The maximum Gasteiger partial charge on any atom is 0.188 e. The molecular formula is C18H20N2OS. The molecule has 1 N–H and O–H groups in total. The number of hydrogen-bond donors (Lipinski definition) is 1. The third kappa shape index (κ3) is 2.92. The number of nitrogens with zero attached hydrogens (tertiary/aromatic N) is 1. The molecule has 0 spiro atoms. The number of rotatable bonds is 4. The van der Waals surface area contributed by atoms with Gasteiger partial charge in [-0.1, -0.05) is 29.5 Å². The first-order valence-corrected chi connectivity index (χ1v) is 8.25. The predicted octanol–water partition coefficient (Wildman–Crippen LogP) is 5.44. The van der Waals surface area contributed by atoms with Crippen LogP contribution in [0.25, 0.3) is 10.2 Å². The van der Waals surface area contributed by atoms with Gasteiger partial charge in [-0.15, -0.1) is 0 Å². The van der Waals surface area contributed by atoms with Gasteiger partial charge in [0.25, 0.3) is 0 Å². The fourth-order valence-corrected chi connectivity index (χ4v) is 3.34. The minimum absolute atomic E-state index is 0.172. The first-order chi connectivity index (χ1) is 10.5. The standard InChI is InChI=1S/C18H20N2OS/c1-11(2)21-15-10-16-17(13(4)12(15)3)20-18(22-16)19-14-8-6-5-7-9-14/h5-11H,1-4H3,(H,19,20). The number of nitrogens with one attached hydrogen (secondary N) is 1. The SMILES string of the molecule is Cc1c(OC(C)C)cc2sc(Nc3ccccc3)nc2c1C. The van der Waals surface area contributed by atoms with Crippen LogP contribution in [-0.4, -0.2) is 11.1 Å². The summed E-state index contributed by atoms with van der Waals surface area (Å²) in [6.07, 6.45) is 0.172. The lowest BCUT2D eigenvalue weighted by molar-refractivity contribution is 0.241. The monoisotopic (exact) mass is 312 g/mol. The molecule has 3 aromatic rings. The number of anilines is 2. The number of benzene rings is 2. The lowest BCUT2D eigenvalue weighted by Crippen LogP contribution is -2.07. The molecule has 0 radical (unpaired) electrons. The topological polar surface area (TPSA) is 34.1 Å². The Kier molecular flexibility index (Phi) is 4.03. The van der Waals surface area contributed by atoms with Crippen LogP contribution in [0.2, 0.25) is 0 Å². The Morgan fingerprint density at radius 3 is 2.50 bits per heavy atom. The Balaban J connectivity index is 2.00. The lowest BCUT2D eigenvalue weighted by atomic mass is 10.1. The van der Waals surface area contributed by atoms with Crippen molar-refractivity contribution in [3.8, 4) is 5.75 Å². The molecule has 0 aliphatic heterocycles. The Bertz CT molecular complexity index is 794. The molecule has 0 saturated heterocycles. The number of hydrogen-bond acceptors (Lipinski definition) is 4. The second-order valence-corrected chi connectivity index (χ2v) is 6.68. The van der Waals surface area contributed by atoms with Gasteiger partial charge in [-0.2, -0.15) is 0 Å².